The number of amides is 1. The monoisotopic (exact) mass is 649 g/mol. The van der Waals surface area contributed by atoms with Gasteiger partial charge in [0.25, 0.3) is 0 Å². The Morgan fingerprint density at radius 2 is 1.81 bits per heavy atom. The molecule has 1 amide bonds. The quantitative estimate of drug-likeness (QED) is 0.148. The molecule has 4 aromatic rings. The maximum atomic E-state index is 13.3. The topological polar surface area (TPSA) is 81.5 Å². The van der Waals surface area contributed by atoms with Gasteiger partial charge in [-0.1, -0.05) is 59.8 Å². The van der Waals surface area contributed by atoms with Gasteiger partial charge >= 0.3 is 0 Å². The lowest BCUT2D eigenvalue weighted by Crippen LogP contribution is -2.36. The molecule has 1 saturated heterocycles. The molecule has 1 aliphatic heterocycles. The molecule has 0 radical (unpaired) electrons. The molecule has 10 heteroatoms. The van der Waals surface area contributed by atoms with Gasteiger partial charge in [0, 0.05) is 37.9 Å². The minimum Gasteiger partial charge on any atom is -0.378 e. The van der Waals surface area contributed by atoms with Crippen LogP contribution in [0.2, 0.25) is 25.7 Å². The summed E-state index contributed by atoms with van der Waals surface area (Å²) in [5.74, 6) is 0.854. The Hall–Kier alpha value is -3.05. The molecular weight excluding hydrogens is 610 g/mol. The first-order chi connectivity index (χ1) is 20.0. The molecule has 0 saturated carbocycles. The lowest BCUT2D eigenvalue weighted by molar-refractivity contribution is -0.120. The fourth-order valence-corrected chi connectivity index (χ4v) is 6.16. The normalized spacial score (nSPS) is 14.4. The van der Waals surface area contributed by atoms with Gasteiger partial charge in [0.05, 0.1) is 29.7 Å². The highest BCUT2D eigenvalue weighted by Gasteiger charge is 2.30. The smallest absolute Gasteiger partial charge is 0.234 e. The van der Waals surface area contributed by atoms with Crippen LogP contribution < -0.4 is 10.2 Å². The Kier molecular flexibility index (Phi) is 9.17. The third-order valence-electron chi connectivity index (χ3n) is 7.75. The zero-order chi connectivity index (χ0) is 29.9. The van der Waals surface area contributed by atoms with Crippen LogP contribution in [0, 0.1) is 0 Å². The van der Waals surface area contributed by atoms with Crippen LogP contribution in [-0.4, -0.2) is 61.4 Å². The number of ether oxygens (including phenoxy) is 2. The molecule has 0 spiro atoms. The SMILES string of the molecule is CC(C)(C(=O)Nc1ccc(-c2cc3c(N4CCOCC4)ncnc3n2COCC[Si](C)(C)C)cc1)c1cccc(Br)c1. The zero-order valence-corrected chi connectivity index (χ0v) is 27.7. The van der Waals surface area contributed by atoms with Gasteiger partial charge in [-0.2, -0.15) is 0 Å². The van der Waals surface area contributed by atoms with E-state index in [9.17, 15) is 4.79 Å². The first-order valence-electron chi connectivity index (χ1n) is 14.5. The number of fused-ring (bicyclic) bond motifs is 1. The number of rotatable bonds is 10. The average molecular weight is 651 g/mol. The number of morpholine rings is 1. The summed E-state index contributed by atoms with van der Waals surface area (Å²) in [6.45, 7) is 15.0. The van der Waals surface area contributed by atoms with Gasteiger partial charge in [-0.15, -0.1) is 0 Å². The first-order valence-corrected chi connectivity index (χ1v) is 19.0. The number of anilines is 2. The number of hydrogen-bond acceptors (Lipinski definition) is 6. The third kappa shape index (κ3) is 6.94. The molecule has 5 rings (SSSR count). The van der Waals surface area contributed by atoms with Crippen LogP contribution in [0.15, 0.2) is 65.4 Å². The van der Waals surface area contributed by atoms with Gasteiger partial charge in [0.15, 0.2) is 0 Å². The van der Waals surface area contributed by atoms with Crippen molar-refractivity contribution in [3.63, 3.8) is 0 Å². The van der Waals surface area contributed by atoms with E-state index in [2.05, 4.69) is 61.4 Å². The predicted octanol–water partition coefficient (Wildman–Crippen LogP) is 6.93. The molecule has 0 unspecified atom stereocenters. The summed E-state index contributed by atoms with van der Waals surface area (Å²) in [4.78, 5) is 24.9. The van der Waals surface area contributed by atoms with Crippen molar-refractivity contribution in [2.45, 2.75) is 51.7 Å². The van der Waals surface area contributed by atoms with Crippen molar-refractivity contribution in [3.8, 4) is 11.3 Å². The minimum atomic E-state index is -1.22. The maximum absolute atomic E-state index is 13.3. The number of benzene rings is 2. The first kappa shape index (κ1) is 30.4. The summed E-state index contributed by atoms with van der Waals surface area (Å²) in [6.07, 6.45) is 1.64. The fourth-order valence-electron chi connectivity index (χ4n) is 5.00. The summed E-state index contributed by atoms with van der Waals surface area (Å²) >= 11 is 3.52. The van der Waals surface area contributed by atoms with Gasteiger partial charge in [-0.3, -0.25) is 4.79 Å². The van der Waals surface area contributed by atoms with E-state index >= 15 is 0 Å². The predicted molar refractivity (Wildman–Crippen MR) is 176 cm³/mol. The summed E-state index contributed by atoms with van der Waals surface area (Å²) < 4.78 is 14.9. The second kappa shape index (κ2) is 12.7. The van der Waals surface area contributed by atoms with E-state index in [0.29, 0.717) is 19.9 Å². The lowest BCUT2D eigenvalue weighted by atomic mass is 9.83. The van der Waals surface area contributed by atoms with E-state index in [1.807, 2.05) is 62.4 Å². The van der Waals surface area contributed by atoms with Crippen LogP contribution in [0.3, 0.4) is 0 Å². The summed E-state index contributed by atoms with van der Waals surface area (Å²) in [7, 11) is -1.22. The van der Waals surface area contributed by atoms with E-state index in [-0.39, 0.29) is 5.91 Å². The zero-order valence-electron chi connectivity index (χ0n) is 25.1. The van der Waals surface area contributed by atoms with Crippen molar-refractivity contribution in [3.05, 3.63) is 71.0 Å². The maximum Gasteiger partial charge on any atom is 0.234 e. The molecule has 1 aliphatic rings. The van der Waals surface area contributed by atoms with Crippen molar-refractivity contribution in [2.75, 3.05) is 43.1 Å². The van der Waals surface area contributed by atoms with Crippen LogP contribution in [0.25, 0.3) is 22.3 Å². The minimum absolute atomic E-state index is 0.0660. The van der Waals surface area contributed by atoms with Gasteiger partial charge in [0.1, 0.15) is 24.5 Å². The van der Waals surface area contributed by atoms with Crippen LogP contribution in [-0.2, 0) is 26.4 Å². The highest BCUT2D eigenvalue weighted by molar-refractivity contribution is 9.10. The molecule has 222 valence electrons. The molecule has 8 nitrogen and oxygen atoms in total. The van der Waals surface area contributed by atoms with Crippen molar-refractivity contribution in [1.29, 1.82) is 0 Å². The summed E-state index contributed by atoms with van der Waals surface area (Å²) in [6, 6.07) is 19.1. The molecular formula is C32H40BrN5O3Si. The number of nitrogens with zero attached hydrogens (tertiary/aromatic N) is 4. The van der Waals surface area contributed by atoms with Crippen molar-refractivity contribution in [2.24, 2.45) is 0 Å². The number of hydrogen-bond donors (Lipinski definition) is 1. The van der Waals surface area contributed by atoms with E-state index < -0.39 is 13.5 Å². The van der Waals surface area contributed by atoms with Crippen LogP contribution in [0.4, 0.5) is 11.5 Å². The summed E-state index contributed by atoms with van der Waals surface area (Å²) in [5.41, 5.74) is 3.86. The number of carbonyl (C=O) groups excluding carboxylic acids is 1. The van der Waals surface area contributed by atoms with Crippen molar-refractivity contribution in [1.82, 2.24) is 14.5 Å². The second-order valence-electron chi connectivity index (χ2n) is 12.5. The molecule has 0 atom stereocenters. The standard InChI is InChI=1S/C32H40BrN5O3Si/c1-32(2,24-7-6-8-25(33)19-24)31(39)36-26-11-9-23(10-12-26)28-20-27-29(37-13-15-40-16-14-37)34-21-35-30(27)38(28)22-41-17-18-42(3,4)5/h6-12,19-21H,13-18,22H2,1-5H3,(H,36,39). The molecule has 3 heterocycles. The van der Waals surface area contributed by atoms with Gasteiger partial charge < -0.3 is 24.3 Å². The van der Waals surface area contributed by atoms with E-state index in [1.165, 1.54) is 0 Å². The fraction of sp³-hybridized carbons (Fsp3) is 0.406. The molecule has 0 aliphatic carbocycles. The van der Waals surface area contributed by atoms with Crippen molar-refractivity contribution < 1.29 is 14.3 Å². The Bertz CT molecular complexity index is 1540. The van der Waals surface area contributed by atoms with Crippen LogP contribution in [0.1, 0.15) is 19.4 Å². The van der Waals surface area contributed by atoms with Gasteiger partial charge in [0.2, 0.25) is 5.91 Å². The number of nitrogens with one attached hydrogen (secondary N) is 1. The highest BCUT2D eigenvalue weighted by atomic mass is 79.9. The molecule has 1 N–H and O–H groups in total. The highest BCUT2D eigenvalue weighted by Crippen LogP contribution is 2.33. The number of aromatic nitrogens is 3. The lowest BCUT2D eigenvalue weighted by Gasteiger charge is -2.28. The largest absolute Gasteiger partial charge is 0.378 e. The molecule has 42 heavy (non-hydrogen) atoms. The Morgan fingerprint density at radius 1 is 1.07 bits per heavy atom. The molecule has 2 aromatic carbocycles. The van der Waals surface area contributed by atoms with E-state index in [0.717, 1.165) is 69.6 Å². The van der Waals surface area contributed by atoms with Gasteiger partial charge in [-0.05, 0) is 61.4 Å². The Labute approximate surface area is 257 Å². The summed E-state index contributed by atoms with van der Waals surface area (Å²) in [5, 5.41) is 4.10. The molecule has 1 fully saturated rings. The van der Waals surface area contributed by atoms with E-state index in [1.54, 1.807) is 6.33 Å². The van der Waals surface area contributed by atoms with Crippen molar-refractivity contribution >= 4 is 52.4 Å². The van der Waals surface area contributed by atoms with E-state index in [4.69, 9.17) is 14.5 Å². The van der Waals surface area contributed by atoms with Gasteiger partial charge in [-0.25, -0.2) is 9.97 Å². The second-order valence-corrected chi connectivity index (χ2v) is 19.0. The van der Waals surface area contributed by atoms with Crippen LogP contribution in [0.5, 0.6) is 0 Å². The van der Waals surface area contributed by atoms with Crippen LogP contribution >= 0.6 is 15.9 Å². The Balaban J connectivity index is 1.43. The molecule has 0 bridgehead atoms. The number of carbonyl (C=O) groups is 1. The number of halogens is 1. The third-order valence-corrected chi connectivity index (χ3v) is 9.95. The molecule has 2 aromatic heterocycles. The Morgan fingerprint density at radius 3 is 2.50 bits per heavy atom. The average Bonchev–Trinajstić information content (AvgIpc) is 3.34.